The van der Waals surface area contributed by atoms with Gasteiger partial charge in [0.05, 0.1) is 16.1 Å². The van der Waals surface area contributed by atoms with Crippen LogP contribution < -0.4 is 10.6 Å². The monoisotopic (exact) mass is 496 g/mol. The molecule has 3 aromatic rings. The molecule has 192 valence electrons. The largest absolute Gasteiger partial charge is 0.443 e. The van der Waals surface area contributed by atoms with E-state index < -0.39 is 22.2 Å². The maximum absolute atomic E-state index is 12.0. The van der Waals surface area contributed by atoms with Crippen LogP contribution in [0.15, 0.2) is 48.7 Å². The van der Waals surface area contributed by atoms with E-state index in [4.69, 9.17) is 15.2 Å². The van der Waals surface area contributed by atoms with E-state index in [1.807, 2.05) is 39.0 Å². The zero-order chi connectivity index (χ0) is 26.8. The number of hydrogen-bond donors (Lipinski definition) is 1. The van der Waals surface area contributed by atoms with E-state index in [1.165, 1.54) is 16.7 Å². The number of nitrogens with two attached hydrogens (primary N) is 1. The molecule has 1 amide bonds. The zero-order valence-electron chi connectivity index (χ0n) is 21.4. The van der Waals surface area contributed by atoms with Crippen molar-refractivity contribution in [2.75, 3.05) is 17.2 Å². The van der Waals surface area contributed by atoms with Crippen LogP contribution in [-0.2, 0) is 15.9 Å². The second kappa shape index (κ2) is 9.88. The summed E-state index contributed by atoms with van der Waals surface area (Å²) in [4.78, 5) is 35.9. The molecule has 1 aliphatic rings. The Kier molecular flexibility index (Phi) is 7.28. The first-order valence-corrected chi connectivity index (χ1v) is 11.5. The molecule has 2 heterocycles. The highest BCUT2D eigenvalue weighted by atomic mass is 16.6. The minimum absolute atomic E-state index is 0.0593. The summed E-state index contributed by atoms with van der Waals surface area (Å²) in [6, 6.07) is 11.7. The van der Waals surface area contributed by atoms with Crippen LogP contribution in [0.2, 0.25) is 0 Å². The lowest BCUT2D eigenvalue weighted by Crippen LogP contribution is -2.35. The van der Waals surface area contributed by atoms with Gasteiger partial charge in [-0.2, -0.15) is 0 Å². The van der Waals surface area contributed by atoms with Crippen LogP contribution in [0.4, 0.5) is 26.7 Å². The lowest BCUT2D eigenvalue weighted by Gasteiger charge is -2.24. The first-order valence-electron chi connectivity index (χ1n) is 11.5. The maximum Gasteiger partial charge on any atom is 0.418 e. The number of nitro benzene ring substituents is 1. The number of carbonyl (C=O) groups is 2. The van der Waals surface area contributed by atoms with E-state index in [-0.39, 0.29) is 11.8 Å². The normalized spacial score (nSPS) is 13.0. The van der Waals surface area contributed by atoms with Gasteiger partial charge in [-0.25, -0.2) is 9.59 Å². The zero-order valence-corrected chi connectivity index (χ0v) is 21.4. The van der Waals surface area contributed by atoms with Crippen molar-refractivity contribution < 1.29 is 24.0 Å². The summed E-state index contributed by atoms with van der Waals surface area (Å²) >= 11 is 0. The first-order chi connectivity index (χ1) is 16.6. The molecule has 4 rings (SSSR count). The number of nitro groups is 1. The predicted octanol–water partition coefficient (Wildman–Crippen LogP) is 5.90. The van der Waals surface area contributed by atoms with E-state index in [0.717, 1.165) is 23.1 Å². The van der Waals surface area contributed by atoms with E-state index in [0.29, 0.717) is 17.7 Å². The van der Waals surface area contributed by atoms with Crippen molar-refractivity contribution in [3.05, 3.63) is 64.3 Å². The molecule has 1 aliphatic heterocycles. The van der Waals surface area contributed by atoms with Crippen molar-refractivity contribution in [2.24, 2.45) is 0 Å². The van der Waals surface area contributed by atoms with Crippen LogP contribution in [0.25, 0.3) is 10.9 Å². The first kappa shape index (κ1) is 26.5. The summed E-state index contributed by atoms with van der Waals surface area (Å²) in [6.45, 7) is 11.5. The molecule has 0 atom stereocenters. The van der Waals surface area contributed by atoms with Gasteiger partial charge in [0, 0.05) is 35.9 Å². The molecule has 10 nitrogen and oxygen atoms in total. The summed E-state index contributed by atoms with van der Waals surface area (Å²) < 4.78 is 11.9. The van der Waals surface area contributed by atoms with Gasteiger partial charge in [-0.1, -0.05) is 6.07 Å². The fraction of sp³-hybridized carbons (Fsp3) is 0.385. The molecule has 0 spiro atoms. The number of nitrogens with zero attached hydrogens (tertiary/aromatic N) is 3. The molecule has 10 heteroatoms. The molecule has 0 fully saturated rings. The lowest BCUT2D eigenvalue weighted by atomic mass is 10.1. The number of amides is 1. The molecule has 0 saturated heterocycles. The third-order valence-electron chi connectivity index (χ3n) is 5.10. The van der Waals surface area contributed by atoms with Crippen LogP contribution in [0, 0.1) is 10.1 Å². The topological polar surface area (TPSA) is 130 Å². The standard InChI is InChI=1S/C13H14N2O4.C13H18N2O2/c1-13(2,3)19-12(16)14-7-6-9-4-5-10(15(17)18)8-11(9)14;1-13(2,3)17-12(16)15-7-6-9-4-5-10(14)8-11(9)15/h4-8H,1-3H3;4-5,8H,6-7,14H2,1-3H3. The SMILES string of the molecule is CC(C)(C)OC(=O)N1CCc2ccc(N)cc21.CC(C)(C)OC(=O)n1ccc2ccc([N+](=O)[O-])cc21. The third kappa shape index (κ3) is 6.53. The molecule has 1 aromatic heterocycles. The summed E-state index contributed by atoms with van der Waals surface area (Å²) in [7, 11) is 0. The molecule has 0 unspecified atom stereocenters. The van der Waals surface area contributed by atoms with Crippen LogP contribution in [0.1, 0.15) is 47.1 Å². The summed E-state index contributed by atoms with van der Waals surface area (Å²) in [5, 5.41) is 11.5. The Morgan fingerprint density at radius 1 is 0.944 bits per heavy atom. The minimum atomic E-state index is -0.617. The number of anilines is 2. The van der Waals surface area contributed by atoms with Gasteiger partial charge in [-0.3, -0.25) is 19.6 Å². The van der Waals surface area contributed by atoms with E-state index >= 15 is 0 Å². The number of benzene rings is 2. The van der Waals surface area contributed by atoms with Crippen molar-refractivity contribution in [2.45, 2.75) is 59.2 Å². The van der Waals surface area contributed by atoms with Crippen molar-refractivity contribution in [3.63, 3.8) is 0 Å². The minimum Gasteiger partial charge on any atom is -0.443 e. The molecule has 0 radical (unpaired) electrons. The third-order valence-corrected chi connectivity index (χ3v) is 5.10. The summed E-state index contributed by atoms with van der Waals surface area (Å²) in [5.41, 5.74) is 7.74. The van der Waals surface area contributed by atoms with Gasteiger partial charge in [0.1, 0.15) is 11.2 Å². The van der Waals surface area contributed by atoms with Crippen LogP contribution in [0.3, 0.4) is 0 Å². The Balaban J connectivity index is 0.000000202. The van der Waals surface area contributed by atoms with Crippen LogP contribution in [0.5, 0.6) is 0 Å². The van der Waals surface area contributed by atoms with Gasteiger partial charge < -0.3 is 15.2 Å². The van der Waals surface area contributed by atoms with E-state index in [2.05, 4.69) is 0 Å². The van der Waals surface area contributed by atoms with Gasteiger partial charge in [-0.15, -0.1) is 0 Å². The Morgan fingerprint density at radius 3 is 2.19 bits per heavy atom. The molecule has 2 aromatic carbocycles. The average Bonchev–Trinajstić information content (AvgIpc) is 3.35. The number of rotatable bonds is 1. The van der Waals surface area contributed by atoms with Gasteiger partial charge in [-0.05, 0) is 77.8 Å². The molecular weight excluding hydrogens is 464 g/mol. The highest BCUT2D eigenvalue weighted by Crippen LogP contribution is 2.31. The number of carbonyl (C=O) groups excluding carboxylic acids is 2. The Bertz CT molecular complexity index is 1300. The summed E-state index contributed by atoms with van der Waals surface area (Å²) in [6.07, 6.45) is 1.54. The summed E-state index contributed by atoms with van der Waals surface area (Å²) in [5.74, 6) is 0. The van der Waals surface area contributed by atoms with Gasteiger partial charge in [0.25, 0.3) is 5.69 Å². The average molecular weight is 497 g/mol. The number of nitrogen functional groups attached to an aromatic ring is 1. The fourth-order valence-corrected chi connectivity index (χ4v) is 3.60. The Morgan fingerprint density at radius 2 is 1.58 bits per heavy atom. The second-order valence-electron chi connectivity index (χ2n) is 10.4. The van der Waals surface area contributed by atoms with E-state index in [1.54, 1.807) is 44.0 Å². The molecule has 0 bridgehead atoms. The quantitative estimate of drug-likeness (QED) is 0.252. The van der Waals surface area contributed by atoms with Crippen molar-refractivity contribution in [3.8, 4) is 0 Å². The van der Waals surface area contributed by atoms with Gasteiger partial charge >= 0.3 is 12.2 Å². The Labute approximate surface area is 209 Å². The molecule has 2 N–H and O–H groups in total. The van der Waals surface area contributed by atoms with Crippen LogP contribution in [-0.4, -0.2) is 39.4 Å². The molecule has 0 saturated carbocycles. The van der Waals surface area contributed by atoms with Crippen molar-refractivity contribution >= 4 is 40.2 Å². The molecular formula is C26H32N4O6. The fourth-order valence-electron chi connectivity index (χ4n) is 3.60. The number of fused-ring (bicyclic) bond motifs is 2. The van der Waals surface area contributed by atoms with Crippen molar-refractivity contribution in [1.82, 2.24) is 4.57 Å². The maximum atomic E-state index is 12.0. The highest BCUT2D eigenvalue weighted by Gasteiger charge is 2.28. The highest BCUT2D eigenvalue weighted by molar-refractivity contribution is 5.92. The Hall–Kier alpha value is -4.08. The number of hydrogen-bond acceptors (Lipinski definition) is 7. The van der Waals surface area contributed by atoms with Crippen LogP contribution >= 0.6 is 0 Å². The van der Waals surface area contributed by atoms with Gasteiger partial charge in [0.2, 0.25) is 0 Å². The number of non-ortho nitro benzene ring substituents is 1. The van der Waals surface area contributed by atoms with E-state index in [9.17, 15) is 19.7 Å². The molecule has 0 aliphatic carbocycles. The number of ether oxygens (including phenoxy) is 2. The van der Waals surface area contributed by atoms with Crippen molar-refractivity contribution in [1.29, 1.82) is 0 Å². The molecule has 36 heavy (non-hydrogen) atoms. The lowest BCUT2D eigenvalue weighted by molar-refractivity contribution is -0.384. The smallest absolute Gasteiger partial charge is 0.418 e. The van der Waals surface area contributed by atoms with Gasteiger partial charge in [0.15, 0.2) is 0 Å². The second-order valence-corrected chi connectivity index (χ2v) is 10.4. The predicted molar refractivity (Wildman–Crippen MR) is 138 cm³/mol. The number of aromatic nitrogens is 1.